The molecule has 0 N–H and O–H groups in total. The largest absolute Gasteiger partial charge is 0.368 e. The minimum Gasteiger partial charge on any atom is -0.368 e. The summed E-state index contributed by atoms with van der Waals surface area (Å²) in [5.74, 6) is 0.0497. The van der Waals surface area contributed by atoms with E-state index in [4.69, 9.17) is 0 Å². The number of piperidine rings is 1. The third-order valence-corrected chi connectivity index (χ3v) is 5.38. The number of amides is 1. The lowest BCUT2D eigenvalue weighted by atomic mass is 10.00. The Labute approximate surface area is 144 Å². The second-order valence-electron chi connectivity index (χ2n) is 6.87. The highest BCUT2D eigenvalue weighted by Gasteiger charge is 2.27. The number of benzene rings is 1. The highest BCUT2D eigenvalue weighted by molar-refractivity contribution is 5.78. The predicted octanol–water partition coefficient (Wildman–Crippen LogP) is 2.74. The lowest BCUT2D eigenvalue weighted by Crippen LogP contribution is -2.53. The molecule has 1 unspecified atom stereocenters. The first-order valence-corrected chi connectivity index (χ1v) is 9.19. The Bertz CT molecular complexity index is 540. The lowest BCUT2D eigenvalue weighted by Gasteiger charge is -2.39. The first kappa shape index (κ1) is 17.2. The van der Waals surface area contributed by atoms with Gasteiger partial charge in [0.25, 0.3) is 0 Å². The highest BCUT2D eigenvalue weighted by atomic mass is 19.1. The van der Waals surface area contributed by atoms with Gasteiger partial charge in [0.1, 0.15) is 5.82 Å². The van der Waals surface area contributed by atoms with Crippen LogP contribution in [0.15, 0.2) is 24.3 Å². The van der Waals surface area contributed by atoms with Crippen molar-refractivity contribution in [3.63, 3.8) is 0 Å². The van der Waals surface area contributed by atoms with Gasteiger partial charge in [-0.15, -0.1) is 0 Å². The molecule has 1 aromatic carbocycles. The Morgan fingerprint density at radius 2 is 1.79 bits per heavy atom. The summed E-state index contributed by atoms with van der Waals surface area (Å²) in [5.41, 5.74) is 1.03. The molecular formula is C19H28FN3O. The second kappa shape index (κ2) is 7.97. The Morgan fingerprint density at radius 3 is 2.46 bits per heavy atom. The van der Waals surface area contributed by atoms with Gasteiger partial charge < -0.3 is 9.80 Å². The van der Waals surface area contributed by atoms with Crippen molar-refractivity contribution in [3.8, 4) is 0 Å². The summed E-state index contributed by atoms with van der Waals surface area (Å²) >= 11 is 0. The van der Waals surface area contributed by atoms with Crippen molar-refractivity contribution in [1.82, 2.24) is 9.80 Å². The van der Waals surface area contributed by atoms with Crippen LogP contribution in [0.1, 0.15) is 32.6 Å². The van der Waals surface area contributed by atoms with Gasteiger partial charge in [-0.2, -0.15) is 0 Å². The van der Waals surface area contributed by atoms with Crippen LogP contribution in [-0.4, -0.2) is 61.0 Å². The van der Waals surface area contributed by atoms with Gasteiger partial charge in [0.05, 0.1) is 6.54 Å². The van der Waals surface area contributed by atoms with Crippen LogP contribution < -0.4 is 4.90 Å². The Morgan fingerprint density at radius 1 is 1.08 bits per heavy atom. The fourth-order valence-electron chi connectivity index (χ4n) is 3.87. The van der Waals surface area contributed by atoms with Gasteiger partial charge in [-0.05, 0) is 50.1 Å². The zero-order chi connectivity index (χ0) is 16.9. The molecule has 1 atom stereocenters. The van der Waals surface area contributed by atoms with E-state index in [0.29, 0.717) is 12.6 Å². The summed E-state index contributed by atoms with van der Waals surface area (Å²) in [6.07, 6.45) is 4.86. The van der Waals surface area contributed by atoms with Crippen molar-refractivity contribution in [2.75, 3.05) is 44.2 Å². The molecule has 2 heterocycles. The molecule has 2 aliphatic heterocycles. The number of carbonyl (C=O) groups is 1. The number of likely N-dealkylation sites (tertiary alicyclic amines) is 1. The Kier molecular flexibility index (Phi) is 5.72. The average molecular weight is 333 g/mol. The van der Waals surface area contributed by atoms with Crippen LogP contribution in [0.3, 0.4) is 0 Å². The SMILES string of the molecule is CCC1CCCCN1CC(=O)N1CCN(c2ccc(F)cc2)CC1. The molecule has 2 saturated heterocycles. The number of anilines is 1. The summed E-state index contributed by atoms with van der Waals surface area (Å²) < 4.78 is 13.0. The lowest BCUT2D eigenvalue weighted by molar-refractivity contribution is -0.133. The maximum atomic E-state index is 13.0. The van der Waals surface area contributed by atoms with Crippen LogP contribution in [0, 0.1) is 5.82 Å². The molecule has 2 aliphatic rings. The molecule has 1 aromatic rings. The molecule has 0 spiro atoms. The summed E-state index contributed by atoms with van der Waals surface area (Å²) in [4.78, 5) is 19.2. The number of hydrogen-bond acceptors (Lipinski definition) is 3. The van der Waals surface area contributed by atoms with Crippen LogP contribution in [0.4, 0.5) is 10.1 Å². The molecule has 132 valence electrons. The Hall–Kier alpha value is -1.62. The number of carbonyl (C=O) groups excluding carboxylic acids is 1. The van der Waals surface area contributed by atoms with Crippen LogP contribution in [-0.2, 0) is 4.79 Å². The van der Waals surface area contributed by atoms with Gasteiger partial charge in [0, 0.05) is 37.9 Å². The maximum Gasteiger partial charge on any atom is 0.236 e. The van der Waals surface area contributed by atoms with Gasteiger partial charge in [-0.1, -0.05) is 13.3 Å². The zero-order valence-electron chi connectivity index (χ0n) is 14.6. The fourth-order valence-corrected chi connectivity index (χ4v) is 3.87. The maximum absolute atomic E-state index is 13.0. The fraction of sp³-hybridized carbons (Fsp3) is 0.632. The molecule has 3 rings (SSSR count). The summed E-state index contributed by atoms with van der Waals surface area (Å²) in [6.45, 7) is 6.97. The summed E-state index contributed by atoms with van der Waals surface area (Å²) in [5, 5.41) is 0. The van der Waals surface area contributed by atoms with E-state index in [0.717, 1.165) is 44.8 Å². The molecule has 0 aromatic heterocycles. The van der Waals surface area contributed by atoms with Gasteiger partial charge in [0.15, 0.2) is 0 Å². The van der Waals surface area contributed by atoms with E-state index < -0.39 is 0 Å². The number of hydrogen-bond donors (Lipinski definition) is 0. The molecule has 0 bridgehead atoms. The van der Waals surface area contributed by atoms with E-state index in [1.807, 2.05) is 17.0 Å². The van der Waals surface area contributed by atoms with Crippen LogP contribution in [0.5, 0.6) is 0 Å². The molecule has 4 nitrogen and oxygen atoms in total. The Balaban J connectivity index is 1.50. The van der Waals surface area contributed by atoms with Crippen molar-refractivity contribution >= 4 is 11.6 Å². The van der Waals surface area contributed by atoms with Crippen molar-refractivity contribution in [2.45, 2.75) is 38.6 Å². The van der Waals surface area contributed by atoms with Gasteiger partial charge in [-0.3, -0.25) is 9.69 Å². The monoisotopic (exact) mass is 333 g/mol. The second-order valence-corrected chi connectivity index (χ2v) is 6.87. The van der Waals surface area contributed by atoms with Crippen molar-refractivity contribution < 1.29 is 9.18 Å². The summed E-state index contributed by atoms with van der Waals surface area (Å²) in [7, 11) is 0. The first-order valence-electron chi connectivity index (χ1n) is 9.19. The minimum absolute atomic E-state index is 0.209. The minimum atomic E-state index is -0.209. The van der Waals surface area contributed by atoms with Crippen molar-refractivity contribution in [1.29, 1.82) is 0 Å². The molecule has 0 saturated carbocycles. The smallest absolute Gasteiger partial charge is 0.236 e. The van der Waals surface area contributed by atoms with E-state index in [1.54, 1.807) is 0 Å². The standard InChI is InChI=1S/C19H28FN3O/c1-2-17-5-3-4-10-23(17)15-19(24)22-13-11-21(12-14-22)18-8-6-16(20)7-9-18/h6-9,17H,2-5,10-15H2,1H3. The highest BCUT2D eigenvalue weighted by Crippen LogP contribution is 2.20. The molecule has 0 radical (unpaired) electrons. The molecular weight excluding hydrogens is 305 g/mol. The molecule has 24 heavy (non-hydrogen) atoms. The van der Waals surface area contributed by atoms with Crippen molar-refractivity contribution in [2.24, 2.45) is 0 Å². The van der Waals surface area contributed by atoms with Gasteiger partial charge in [0.2, 0.25) is 5.91 Å². The molecule has 1 amide bonds. The zero-order valence-corrected chi connectivity index (χ0v) is 14.6. The summed E-state index contributed by atoms with van der Waals surface area (Å²) in [6, 6.07) is 7.18. The number of halogens is 1. The average Bonchev–Trinajstić information content (AvgIpc) is 2.63. The molecule has 0 aliphatic carbocycles. The van der Waals surface area contributed by atoms with Crippen LogP contribution in [0.25, 0.3) is 0 Å². The van der Waals surface area contributed by atoms with Crippen molar-refractivity contribution in [3.05, 3.63) is 30.1 Å². The predicted molar refractivity (Wildman–Crippen MR) is 94.7 cm³/mol. The third kappa shape index (κ3) is 4.07. The normalized spacial score (nSPS) is 22.7. The van der Waals surface area contributed by atoms with Gasteiger partial charge in [-0.25, -0.2) is 4.39 Å². The van der Waals surface area contributed by atoms with E-state index in [9.17, 15) is 9.18 Å². The quantitative estimate of drug-likeness (QED) is 0.848. The molecule has 2 fully saturated rings. The van der Waals surface area contributed by atoms with Crippen LogP contribution >= 0.6 is 0 Å². The van der Waals surface area contributed by atoms with E-state index in [2.05, 4.69) is 16.7 Å². The third-order valence-electron chi connectivity index (χ3n) is 5.38. The number of nitrogens with zero attached hydrogens (tertiary/aromatic N) is 3. The first-order chi connectivity index (χ1) is 11.7. The number of rotatable bonds is 4. The van der Waals surface area contributed by atoms with E-state index in [-0.39, 0.29) is 11.7 Å². The van der Waals surface area contributed by atoms with Gasteiger partial charge >= 0.3 is 0 Å². The van der Waals surface area contributed by atoms with Crippen LogP contribution in [0.2, 0.25) is 0 Å². The van der Waals surface area contributed by atoms with E-state index in [1.165, 1.54) is 31.4 Å². The van der Waals surface area contributed by atoms with E-state index >= 15 is 0 Å². The topological polar surface area (TPSA) is 26.8 Å². The number of piperazine rings is 1. The molecule has 5 heteroatoms.